The van der Waals surface area contributed by atoms with Crippen LogP contribution in [0.15, 0.2) is 12.7 Å². The monoisotopic (exact) mass is 448 g/mol. The molecule has 1 heterocycles. The number of ether oxygens (including phenoxy) is 3. The van der Waals surface area contributed by atoms with E-state index in [1.165, 1.54) is 18.4 Å². The van der Waals surface area contributed by atoms with Gasteiger partial charge in [-0.1, -0.05) is 40.2 Å². The van der Waals surface area contributed by atoms with E-state index in [1.54, 1.807) is 20.3 Å². The molecule has 1 fully saturated rings. The van der Waals surface area contributed by atoms with Crippen LogP contribution in [0.4, 0.5) is 0 Å². The Morgan fingerprint density at radius 3 is 1.94 bits per heavy atom. The Bertz CT molecular complexity index is 436. The van der Waals surface area contributed by atoms with Crippen LogP contribution in [0, 0.1) is 0 Å². The molecule has 31 heavy (non-hydrogen) atoms. The smallest absolute Gasteiger partial charge is 0.328 e. The molecule has 1 saturated heterocycles. The summed E-state index contributed by atoms with van der Waals surface area (Å²) in [6.45, 7) is 18.9. The molecule has 0 aromatic heterocycles. The van der Waals surface area contributed by atoms with Gasteiger partial charge in [0, 0.05) is 20.8 Å². The van der Waals surface area contributed by atoms with Crippen LogP contribution < -0.4 is 5.32 Å². The number of hydrogen-bond donors (Lipinski definition) is 1. The van der Waals surface area contributed by atoms with E-state index in [-0.39, 0.29) is 18.1 Å². The molecular weight excluding hydrogens is 400 g/mol. The van der Waals surface area contributed by atoms with Gasteiger partial charge in [0.2, 0.25) is 12.3 Å². The quantitative estimate of drug-likeness (QED) is 0.379. The highest BCUT2D eigenvalue weighted by molar-refractivity contribution is 5.86. The molecule has 1 atom stereocenters. The number of amides is 2. The molecular formula is C23H48N2O6. The number of nitrogens with one attached hydrogen (secondary N) is 1. The van der Waals surface area contributed by atoms with Crippen molar-refractivity contribution in [2.45, 2.75) is 79.4 Å². The van der Waals surface area contributed by atoms with Crippen molar-refractivity contribution in [1.82, 2.24) is 10.2 Å². The third kappa shape index (κ3) is 26.0. The molecule has 186 valence electrons. The molecule has 0 radical (unpaired) electrons. The van der Waals surface area contributed by atoms with Crippen LogP contribution in [0.3, 0.4) is 0 Å². The van der Waals surface area contributed by atoms with Crippen molar-refractivity contribution >= 4 is 18.3 Å². The summed E-state index contributed by atoms with van der Waals surface area (Å²) >= 11 is 0. The van der Waals surface area contributed by atoms with Gasteiger partial charge in [0.25, 0.3) is 0 Å². The maximum Gasteiger partial charge on any atom is 0.328 e. The maximum absolute atomic E-state index is 11.5. The first-order valence-corrected chi connectivity index (χ1v) is 10.8. The van der Waals surface area contributed by atoms with Crippen molar-refractivity contribution in [3.05, 3.63) is 12.7 Å². The summed E-state index contributed by atoms with van der Waals surface area (Å²) in [5, 5.41) is 2.28. The summed E-state index contributed by atoms with van der Waals surface area (Å²) in [7, 11) is 4.65. The highest BCUT2D eigenvalue weighted by Gasteiger charge is 2.34. The Labute approximate surface area is 190 Å². The molecule has 8 heteroatoms. The number of rotatable bonds is 6. The molecule has 1 N–H and O–H groups in total. The average molecular weight is 449 g/mol. The van der Waals surface area contributed by atoms with Gasteiger partial charge >= 0.3 is 5.97 Å². The lowest BCUT2D eigenvalue weighted by Crippen LogP contribution is -2.44. The van der Waals surface area contributed by atoms with Crippen LogP contribution in [-0.4, -0.2) is 75.9 Å². The van der Waals surface area contributed by atoms with Crippen molar-refractivity contribution in [2.75, 3.05) is 41.0 Å². The minimum absolute atomic E-state index is 0.0417. The number of methoxy groups -OCH3 is 3. The number of hydrogen-bond acceptors (Lipinski definition) is 6. The second-order valence-corrected chi connectivity index (χ2v) is 7.03. The summed E-state index contributed by atoms with van der Waals surface area (Å²) in [5.74, 6) is -0.651. The predicted molar refractivity (Wildman–Crippen MR) is 127 cm³/mol. The van der Waals surface area contributed by atoms with Crippen molar-refractivity contribution in [2.24, 2.45) is 0 Å². The highest BCUT2D eigenvalue weighted by atomic mass is 16.5. The SMILES string of the molecule is C=CCOC.CC.CCC.COC(=O)C1CCCN1C(=O)CNC=O.COC(C)(C)C. The Kier molecular flexibility index (Phi) is 30.7. The van der Waals surface area contributed by atoms with Gasteiger partial charge in [0.1, 0.15) is 6.04 Å². The molecule has 8 nitrogen and oxygen atoms in total. The average Bonchev–Trinajstić information content (AvgIpc) is 3.24. The number of carbonyl (C=O) groups excluding carboxylic acids is 3. The van der Waals surface area contributed by atoms with Crippen LogP contribution in [0.2, 0.25) is 0 Å². The first-order chi connectivity index (χ1) is 14.6. The third-order valence-electron chi connectivity index (χ3n) is 3.28. The van der Waals surface area contributed by atoms with Gasteiger partial charge in [-0.15, -0.1) is 6.58 Å². The lowest BCUT2D eigenvalue weighted by atomic mass is 10.2. The number of likely N-dealkylation sites (tertiary alicyclic amines) is 1. The molecule has 1 aliphatic rings. The summed E-state index contributed by atoms with van der Waals surface area (Å²) in [4.78, 5) is 34.3. The normalized spacial score (nSPS) is 13.9. The first kappa shape index (κ1) is 36.4. The summed E-state index contributed by atoms with van der Waals surface area (Å²) < 4.78 is 14.1. The van der Waals surface area contributed by atoms with Gasteiger partial charge in [-0.2, -0.15) is 0 Å². The second kappa shape index (κ2) is 26.1. The number of carbonyl (C=O) groups is 3. The van der Waals surface area contributed by atoms with Gasteiger partial charge in [-0.3, -0.25) is 9.59 Å². The standard InChI is InChI=1S/C9H14N2O4.C5H12O.C4H8O.C3H8.C2H6/c1-15-9(14)7-3-2-4-11(7)8(13)5-10-6-12;1-5(2,3)6-4;1-3-4-5-2;1-3-2;1-2/h6-7H,2-5H2,1H3,(H,10,12);1-4H3;3H,1,4H2,2H3;3H2,1-2H3;1-2H3. The topological polar surface area (TPSA) is 94.2 Å². The Hall–Kier alpha value is -1.93. The van der Waals surface area contributed by atoms with Crippen molar-refractivity contribution in [3.63, 3.8) is 0 Å². The molecule has 2 amide bonds. The number of nitrogens with zero attached hydrogens (tertiary/aromatic N) is 1. The van der Waals surface area contributed by atoms with Crippen molar-refractivity contribution in [1.29, 1.82) is 0 Å². The van der Waals surface area contributed by atoms with E-state index in [0.717, 1.165) is 6.42 Å². The molecule has 1 rings (SSSR count). The van der Waals surface area contributed by atoms with Crippen molar-refractivity contribution in [3.8, 4) is 0 Å². The number of esters is 1. The van der Waals surface area contributed by atoms with E-state index in [9.17, 15) is 14.4 Å². The van der Waals surface area contributed by atoms with Gasteiger partial charge in [-0.05, 0) is 33.6 Å². The molecule has 1 unspecified atom stereocenters. The fraction of sp³-hybridized carbons (Fsp3) is 0.783. The van der Waals surface area contributed by atoms with Gasteiger partial charge in [0.05, 0.1) is 25.9 Å². The van der Waals surface area contributed by atoms with E-state index in [1.807, 2.05) is 34.6 Å². The van der Waals surface area contributed by atoms with E-state index in [2.05, 4.69) is 35.2 Å². The van der Waals surface area contributed by atoms with E-state index in [0.29, 0.717) is 26.0 Å². The fourth-order valence-corrected chi connectivity index (χ4v) is 1.79. The minimum atomic E-state index is -0.490. The Morgan fingerprint density at radius 2 is 1.65 bits per heavy atom. The lowest BCUT2D eigenvalue weighted by Gasteiger charge is -2.22. The zero-order valence-corrected chi connectivity index (χ0v) is 21.6. The Balaban J connectivity index is -0.000000189. The maximum atomic E-state index is 11.5. The fourth-order valence-electron chi connectivity index (χ4n) is 1.79. The van der Waals surface area contributed by atoms with Crippen LogP contribution in [-0.2, 0) is 28.6 Å². The molecule has 0 saturated carbocycles. The van der Waals surface area contributed by atoms with Crippen LogP contribution in [0.1, 0.15) is 67.7 Å². The summed E-state index contributed by atoms with van der Waals surface area (Å²) in [5.41, 5.74) is 0.0417. The van der Waals surface area contributed by atoms with Gasteiger partial charge in [0.15, 0.2) is 0 Å². The third-order valence-corrected chi connectivity index (χ3v) is 3.28. The molecule has 0 aromatic rings. The highest BCUT2D eigenvalue weighted by Crippen LogP contribution is 2.18. The molecule has 0 spiro atoms. The van der Waals surface area contributed by atoms with Gasteiger partial charge in [-0.25, -0.2) is 4.79 Å². The van der Waals surface area contributed by atoms with E-state index >= 15 is 0 Å². The second-order valence-electron chi connectivity index (χ2n) is 7.03. The predicted octanol–water partition coefficient (Wildman–Crippen LogP) is 3.59. The van der Waals surface area contributed by atoms with Crippen LogP contribution in [0.5, 0.6) is 0 Å². The molecule has 0 aliphatic carbocycles. The van der Waals surface area contributed by atoms with Crippen LogP contribution >= 0.6 is 0 Å². The summed E-state index contributed by atoms with van der Waals surface area (Å²) in [6, 6.07) is -0.490. The van der Waals surface area contributed by atoms with Crippen LogP contribution in [0.25, 0.3) is 0 Å². The van der Waals surface area contributed by atoms with E-state index < -0.39 is 12.0 Å². The lowest BCUT2D eigenvalue weighted by molar-refractivity contribution is -0.150. The van der Waals surface area contributed by atoms with E-state index in [4.69, 9.17) is 4.74 Å². The van der Waals surface area contributed by atoms with Gasteiger partial charge < -0.3 is 24.4 Å². The molecule has 1 aliphatic heterocycles. The Morgan fingerprint density at radius 1 is 1.16 bits per heavy atom. The minimum Gasteiger partial charge on any atom is -0.467 e. The molecule has 0 aromatic carbocycles. The zero-order chi connectivity index (χ0) is 25.3. The molecule has 0 bridgehead atoms. The zero-order valence-electron chi connectivity index (χ0n) is 21.6. The first-order valence-electron chi connectivity index (χ1n) is 10.8. The van der Waals surface area contributed by atoms with Crippen molar-refractivity contribution < 1.29 is 28.6 Å². The summed E-state index contributed by atoms with van der Waals surface area (Å²) in [6.07, 6.45) is 4.83. The largest absolute Gasteiger partial charge is 0.467 e.